The van der Waals surface area contributed by atoms with Crippen molar-refractivity contribution in [1.29, 1.82) is 0 Å². The number of phenols is 1. The minimum Gasteiger partial charge on any atom is -0.504 e. The number of halogens is 2. The number of nitrogens with one attached hydrogen (secondary N) is 1. The lowest BCUT2D eigenvalue weighted by molar-refractivity contribution is 0.318. The monoisotopic (exact) mass is 399 g/mol. The van der Waals surface area contributed by atoms with E-state index in [-0.39, 0.29) is 5.75 Å². The molecule has 106 valence electrons. The summed E-state index contributed by atoms with van der Waals surface area (Å²) >= 11 is 7.03. The number of benzene rings is 2. The Balaban J connectivity index is 2.13. The van der Waals surface area contributed by atoms with Gasteiger partial charge < -0.3 is 15.2 Å². The summed E-state index contributed by atoms with van der Waals surface area (Å²) in [5, 5.41) is 13.0. The van der Waals surface area contributed by atoms with Crippen molar-refractivity contribution in [3.05, 3.63) is 50.9 Å². The van der Waals surface area contributed by atoms with Crippen LogP contribution in [-0.4, -0.2) is 11.7 Å². The maximum absolute atomic E-state index is 9.68. The van der Waals surface area contributed by atoms with Gasteiger partial charge in [-0.1, -0.05) is 12.1 Å². The zero-order chi connectivity index (χ0) is 14.5. The third-order valence-corrected chi connectivity index (χ3v) is 4.08. The van der Waals surface area contributed by atoms with Gasteiger partial charge in [-0.05, 0) is 68.6 Å². The van der Waals surface area contributed by atoms with Crippen LogP contribution in [0.15, 0.2) is 45.3 Å². The maximum Gasteiger partial charge on any atom is 0.161 e. The molecule has 0 spiro atoms. The maximum atomic E-state index is 9.68. The number of anilines is 1. The summed E-state index contributed by atoms with van der Waals surface area (Å²) in [4.78, 5) is 0. The number of rotatable bonds is 5. The first-order valence-corrected chi connectivity index (χ1v) is 7.83. The van der Waals surface area contributed by atoms with Crippen LogP contribution in [0.1, 0.15) is 12.5 Å². The highest BCUT2D eigenvalue weighted by Crippen LogP contribution is 2.32. The SMILES string of the molecule is CCOc1cc(CNc2c(Br)cccc2Br)ccc1O. The average molecular weight is 401 g/mol. The standard InChI is InChI=1S/C15H15Br2NO2/c1-2-20-14-8-10(6-7-13(14)19)9-18-15-11(16)4-3-5-12(15)17/h3-8,18-19H,2,9H2,1H3. The Kier molecular flexibility index (Phi) is 5.31. The van der Waals surface area contributed by atoms with E-state index in [1.807, 2.05) is 37.3 Å². The molecule has 2 N–H and O–H groups in total. The van der Waals surface area contributed by atoms with Crippen molar-refractivity contribution in [3.63, 3.8) is 0 Å². The summed E-state index contributed by atoms with van der Waals surface area (Å²) in [6, 6.07) is 11.3. The normalized spacial score (nSPS) is 10.3. The van der Waals surface area contributed by atoms with Crippen molar-refractivity contribution in [2.75, 3.05) is 11.9 Å². The predicted octanol–water partition coefficient (Wildman–Crippen LogP) is 4.93. The predicted molar refractivity (Wildman–Crippen MR) is 88.4 cm³/mol. The minimum absolute atomic E-state index is 0.165. The van der Waals surface area contributed by atoms with Gasteiger partial charge in [-0.2, -0.15) is 0 Å². The van der Waals surface area contributed by atoms with Crippen LogP contribution < -0.4 is 10.1 Å². The summed E-state index contributed by atoms with van der Waals surface area (Å²) < 4.78 is 7.37. The van der Waals surface area contributed by atoms with Gasteiger partial charge in [-0.3, -0.25) is 0 Å². The molecule has 0 atom stereocenters. The molecule has 0 aliphatic rings. The Labute approximate surface area is 135 Å². The molecule has 2 aromatic rings. The van der Waals surface area contributed by atoms with E-state index in [2.05, 4.69) is 37.2 Å². The molecule has 3 nitrogen and oxygen atoms in total. The van der Waals surface area contributed by atoms with Crippen LogP contribution in [0.4, 0.5) is 5.69 Å². The Morgan fingerprint density at radius 3 is 2.50 bits per heavy atom. The van der Waals surface area contributed by atoms with E-state index >= 15 is 0 Å². The largest absolute Gasteiger partial charge is 0.504 e. The fourth-order valence-corrected chi connectivity index (χ4v) is 3.08. The molecule has 2 aromatic carbocycles. The molecule has 0 radical (unpaired) electrons. The molecule has 0 aliphatic heterocycles. The highest BCUT2D eigenvalue weighted by atomic mass is 79.9. The molecule has 0 aromatic heterocycles. The molecular formula is C15H15Br2NO2. The van der Waals surface area contributed by atoms with Crippen LogP contribution in [0.5, 0.6) is 11.5 Å². The van der Waals surface area contributed by atoms with Crippen molar-refractivity contribution >= 4 is 37.5 Å². The van der Waals surface area contributed by atoms with E-state index in [1.165, 1.54) is 0 Å². The van der Waals surface area contributed by atoms with E-state index in [9.17, 15) is 5.11 Å². The second-order valence-electron chi connectivity index (χ2n) is 4.19. The molecular weight excluding hydrogens is 386 g/mol. The lowest BCUT2D eigenvalue weighted by Crippen LogP contribution is -2.01. The van der Waals surface area contributed by atoms with E-state index in [0.29, 0.717) is 18.9 Å². The zero-order valence-electron chi connectivity index (χ0n) is 11.0. The first kappa shape index (κ1) is 15.2. The molecule has 20 heavy (non-hydrogen) atoms. The van der Waals surface area contributed by atoms with E-state index < -0.39 is 0 Å². The molecule has 0 amide bonds. The summed E-state index contributed by atoms with van der Waals surface area (Å²) in [6.45, 7) is 3.06. The van der Waals surface area contributed by atoms with Gasteiger partial charge in [0.2, 0.25) is 0 Å². The first-order valence-electron chi connectivity index (χ1n) is 6.24. The molecule has 5 heteroatoms. The first-order chi connectivity index (χ1) is 9.61. The second kappa shape index (κ2) is 6.99. The van der Waals surface area contributed by atoms with Crippen LogP contribution in [0.25, 0.3) is 0 Å². The lowest BCUT2D eigenvalue weighted by Gasteiger charge is -2.12. The number of ether oxygens (including phenoxy) is 1. The van der Waals surface area contributed by atoms with Gasteiger partial charge in [0.05, 0.1) is 12.3 Å². The van der Waals surface area contributed by atoms with Crippen molar-refractivity contribution in [2.45, 2.75) is 13.5 Å². The number of hydrogen-bond acceptors (Lipinski definition) is 3. The number of aromatic hydroxyl groups is 1. The van der Waals surface area contributed by atoms with Crippen LogP contribution in [-0.2, 0) is 6.54 Å². The van der Waals surface area contributed by atoms with Crippen LogP contribution >= 0.6 is 31.9 Å². The van der Waals surface area contributed by atoms with E-state index in [4.69, 9.17) is 4.74 Å². The second-order valence-corrected chi connectivity index (χ2v) is 5.89. The van der Waals surface area contributed by atoms with Crippen molar-refractivity contribution in [3.8, 4) is 11.5 Å². The average Bonchev–Trinajstić information content (AvgIpc) is 2.42. The fourth-order valence-electron chi connectivity index (χ4n) is 1.80. The van der Waals surface area contributed by atoms with Gasteiger partial charge in [-0.25, -0.2) is 0 Å². The highest BCUT2D eigenvalue weighted by molar-refractivity contribution is 9.11. The Hall–Kier alpha value is -1.20. The van der Waals surface area contributed by atoms with Gasteiger partial charge in [0.15, 0.2) is 11.5 Å². The van der Waals surface area contributed by atoms with Gasteiger partial charge in [0.25, 0.3) is 0 Å². The summed E-state index contributed by atoms with van der Waals surface area (Å²) in [5.74, 6) is 0.677. The highest BCUT2D eigenvalue weighted by Gasteiger charge is 2.06. The Morgan fingerprint density at radius 1 is 1.15 bits per heavy atom. The van der Waals surface area contributed by atoms with Gasteiger partial charge in [0, 0.05) is 15.5 Å². The topological polar surface area (TPSA) is 41.5 Å². The summed E-state index contributed by atoms with van der Waals surface area (Å²) in [7, 11) is 0. The van der Waals surface area contributed by atoms with E-state index in [1.54, 1.807) is 6.07 Å². The van der Waals surface area contributed by atoms with Crippen molar-refractivity contribution < 1.29 is 9.84 Å². The Bertz CT molecular complexity index is 582. The molecule has 0 fully saturated rings. The molecule has 0 heterocycles. The lowest BCUT2D eigenvalue weighted by atomic mass is 10.2. The number of hydrogen-bond donors (Lipinski definition) is 2. The van der Waals surface area contributed by atoms with E-state index in [0.717, 1.165) is 20.2 Å². The van der Waals surface area contributed by atoms with Crippen molar-refractivity contribution in [1.82, 2.24) is 0 Å². The van der Waals surface area contributed by atoms with Crippen LogP contribution in [0, 0.1) is 0 Å². The Morgan fingerprint density at radius 2 is 1.85 bits per heavy atom. The summed E-state index contributed by atoms with van der Waals surface area (Å²) in [6.07, 6.45) is 0. The quantitative estimate of drug-likeness (QED) is 0.747. The minimum atomic E-state index is 0.165. The third kappa shape index (κ3) is 3.67. The molecule has 0 unspecified atom stereocenters. The number of para-hydroxylation sites is 1. The molecule has 0 bridgehead atoms. The number of phenolic OH excluding ortho intramolecular Hbond substituents is 1. The van der Waals surface area contributed by atoms with Crippen molar-refractivity contribution in [2.24, 2.45) is 0 Å². The van der Waals surface area contributed by atoms with Gasteiger partial charge in [-0.15, -0.1) is 0 Å². The van der Waals surface area contributed by atoms with Crippen LogP contribution in [0.2, 0.25) is 0 Å². The molecule has 2 rings (SSSR count). The molecule has 0 saturated carbocycles. The third-order valence-electron chi connectivity index (χ3n) is 2.76. The molecule has 0 saturated heterocycles. The zero-order valence-corrected chi connectivity index (χ0v) is 14.2. The fraction of sp³-hybridized carbons (Fsp3) is 0.200. The van der Waals surface area contributed by atoms with Gasteiger partial charge >= 0.3 is 0 Å². The summed E-state index contributed by atoms with van der Waals surface area (Å²) in [5.41, 5.74) is 2.03. The van der Waals surface area contributed by atoms with Gasteiger partial charge in [0.1, 0.15) is 0 Å². The molecule has 0 aliphatic carbocycles. The van der Waals surface area contributed by atoms with Crippen LogP contribution in [0.3, 0.4) is 0 Å². The smallest absolute Gasteiger partial charge is 0.161 e.